The molecule has 39 heavy (non-hydrogen) atoms. The number of carbonyl (C=O) groups excluding carboxylic acids is 2. The van der Waals surface area contributed by atoms with Crippen LogP contribution in [0.2, 0.25) is 0 Å². The number of carbonyl (C=O) groups is 2. The Balaban J connectivity index is 1.52. The number of fused-ring (bicyclic) bond motifs is 4. The van der Waals surface area contributed by atoms with Gasteiger partial charge < -0.3 is 16.2 Å². The molecule has 2 aliphatic rings. The number of rotatable bonds is 4. The standard InChI is InChI=1S/C33H31N3O3/c1-18-22(9-7-11-29(18)36-19(2)35-28-10-6-5-8-26(28)32(36)38)24-14-15-25(31(34)37)27-17-20-16-21(33(3,4)39)12-13-23(20)30(24)27/h5-16,19,35,39H,17H2,1-4H3,(H2,34,37). The topological polar surface area (TPSA) is 95.7 Å². The van der Waals surface area contributed by atoms with Crippen LogP contribution < -0.4 is 16.0 Å². The second-order valence-corrected chi connectivity index (χ2v) is 11.0. The van der Waals surface area contributed by atoms with E-state index in [2.05, 4.69) is 11.4 Å². The van der Waals surface area contributed by atoms with E-state index in [1.165, 1.54) is 0 Å². The van der Waals surface area contributed by atoms with Gasteiger partial charge in [0.2, 0.25) is 5.91 Å². The minimum absolute atomic E-state index is 0.0455. The molecule has 4 aromatic carbocycles. The molecule has 1 unspecified atom stereocenters. The summed E-state index contributed by atoms with van der Waals surface area (Å²) in [6, 6.07) is 23.3. The first-order chi connectivity index (χ1) is 18.6. The molecule has 4 aromatic rings. The Labute approximate surface area is 228 Å². The van der Waals surface area contributed by atoms with Crippen molar-refractivity contribution in [1.29, 1.82) is 0 Å². The molecule has 0 saturated carbocycles. The summed E-state index contributed by atoms with van der Waals surface area (Å²) in [5.41, 5.74) is 15.3. The quantitative estimate of drug-likeness (QED) is 0.273. The van der Waals surface area contributed by atoms with Gasteiger partial charge in [-0.25, -0.2) is 0 Å². The van der Waals surface area contributed by atoms with Gasteiger partial charge in [0, 0.05) is 16.9 Å². The number of para-hydroxylation sites is 1. The van der Waals surface area contributed by atoms with Crippen molar-refractivity contribution in [2.75, 3.05) is 10.2 Å². The second-order valence-electron chi connectivity index (χ2n) is 11.0. The Morgan fingerprint density at radius 3 is 2.44 bits per heavy atom. The van der Waals surface area contributed by atoms with Gasteiger partial charge in [-0.2, -0.15) is 0 Å². The number of amides is 2. The summed E-state index contributed by atoms with van der Waals surface area (Å²) in [5, 5.41) is 14.0. The number of aliphatic hydroxyl groups is 1. The van der Waals surface area contributed by atoms with E-state index < -0.39 is 11.5 Å². The zero-order chi connectivity index (χ0) is 27.6. The molecule has 6 heteroatoms. The van der Waals surface area contributed by atoms with Gasteiger partial charge in [0.15, 0.2) is 0 Å². The average Bonchev–Trinajstić information content (AvgIpc) is 3.27. The molecule has 4 N–H and O–H groups in total. The van der Waals surface area contributed by atoms with Crippen LogP contribution in [0, 0.1) is 6.92 Å². The van der Waals surface area contributed by atoms with Gasteiger partial charge in [-0.3, -0.25) is 14.5 Å². The number of anilines is 2. The van der Waals surface area contributed by atoms with Crippen LogP contribution in [0.4, 0.5) is 11.4 Å². The first-order valence-corrected chi connectivity index (χ1v) is 13.2. The molecule has 2 amide bonds. The van der Waals surface area contributed by atoms with Crippen LogP contribution in [-0.2, 0) is 12.0 Å². The predicted molar refractivity (Wildman–Crippen MR) is 155 cm³/mol. The highest BCUT2D eigenvalue weighted by atomic mass is 16.3. The van der Waals surface area contributed by atoms with Crippen LogP contribution in [0.25, 0.3) is 22.3 Å². The molecule has 0 radical (unpaired) electrons. The van der Waals surface area contributed by atoms with Gasteiger partial charge >= 0.3 is 0 Å². The Kier molecular flexibility index (Phi) is 5.63. The first-order valence-electron chi connectivity index (χ1n) is 13.2. The van der Waals surface area contributed by atoms with Crippen molar-refractivity contribution in [3.05, 3.63) is 106 Å². The monoisotopic (exact) mass is 517 g/mol. The average molecular weight is 518 g/mol. The lowest BCUT2D eigenvalue weighted by Gasteiger charge is -2.37. The molecule has 1 heterocycles. The summed E-state index contributed by atoms with van der Waals surface area (Å²) < 4.78 is 0. The third-order valence-corrected chi connectivity index (χ3v) is 8.01. The van der Waals surface area contributed by atoms with Crippen LogP contribution >= 0.6 is 0 Å². The van der Waals surface area contributed by atoms with Crippen molar-refractivity contribution in [2.45, 2.75) is 45.9 Å². The number of hydrogen-bond donors (Lipinski definition) is 3. The van der Waals surface area contributed by atoms with Gasteiger partial charge in [-0.1, -0.05) is 48.5 Å². The molecule has 1 aliphatic heterocycles. The van der Waals surface area contributed by atoms with Gasteiger partial charge in [0.25, 0.3) is 5.91 Å². The summed E-state index contributed by atoms with van der Waals surface area (Å²) in [7, 11) is 0. The van der Waals surface area contributed by atoms with E-state index in [0.717, 1.165) is 55.9 Å². The SMILES string of the molecule is Cc1c(-c2ccc(C(N)=O)c3c2-c2ccc(C(C)(C)O)cc2C3)cccc1N1C(=O)c2ccccc2NC1C. The van der Waals surface area contributed by atoms with Gasteiger partial charge in [0.05, 0.1) is 11.2 Å². The molecule has 0 fully saturated rings. The maximum absolute atomic E-state index is 13.6. The third kappa shape index (κ3) is 3.91. The molecule has 1 atom stereocenters. The van der Waals surface area contributed by atoms with Crippen molar-refractivity contribution in [3.8, 4) is 22.3 Å². The summed E-state index contributed by atoms with van der Waals surface area (Å²) in [5.74, 6) is -0.507. The summed E-state index contributed by atoms with van der Waals surface area (Å²) >= 11 is 0. The molecular weight excluding hydrogens is 486 g/mol. The van der Waals surface area contributed by atoms with Crippen LogP contribution in [0.5, 0.6) is 0 Å². The predicted octanol–water partition coefficient (Wildman–Crippen LogP) is 5.98. The maximum Gasteiger partial charge on any atom is 0.262 e. The Morgan fingerprint density at radius 1 is 0.974 bits per heavy atom. The lowest BCUT2D eigenvalue weighted by atomic mass is 9.88. The largest absolute Gasteiger partial charge is 0.386 e. The van der Waals surface area contributed by atoms with E-state index in [4.69, 9.17) is 5.73 Å². The number of benzene rings is 4. The summed E-state index contributed by atoms with van der Waals surface area (Å²) in [4.78, 5) is 27.9. The zero-order valence-corrected chi connectivity index (χ0v) is 22.5. The minimum atomic E-state index is -0.978. The smallest absolute Gasteiger partial charge is 0.262 e. The highest BCUT2D eigenvalue weighted by Crippen LogP contribution is 2.47. The number of nitrogens with zero attached hydrogens (tertiary/aromatic N) is 1. The second kappa shape index (κ2) is 8.82. The van der Waals surface area contributed by atoms with Crippen LogP contribution in [0.3, 0.4) is 0 Å². The van der Waals surface area contributed by atoms with Gasteiger partial charge in [0.1, 0.15) is 6.17 Å². The molecule has 1 aliphatic carbocycles. The molecule has 0 aromatic heterocycles. The summed E-state index contributed by atoms with van der Waals surface area (Å²) in [6.45, 7) is 7.55. The molecule has 0 saturated heterocycles. The van der Waals surface area contributed by atoms with E-state index in [1.807, 2.05) is 79.4 Å². The van der Waals surface area contributed by atoms with Crippen LogP contribution in [0.15, 0.2) is 72.8 Å². The lowest BCUT2D eigenvalue weighted by molar-refractivity contribution is 0.0785. The van der Waals surface area contributed by atoms with Gasteiger partial charge in [-0.05, 0) is 103 Å². The highest BCUT2D eigenvalue weighted by Gasteiger charge is 2.33. The molecule has 0 spiro atoms. The van der Waals surface area contributed by atoms with Crippen molar-refractivity contribution >= 4 is 23.2 Å². The number of nitrogens with two attached hydrogens (primary N) is 1. The normalized spacial score (nSPS) is 15.9. The van der Waals surface area contributed by atoms with Crippen molar-refractivity contribution in [2.24, 2.45) is 5.73 Å². The fourth-order valence-electron chi connectivity index (χ4n) is 6.03. The molecule has 6 nitrogen and oxygen atoms in total. The summed E-state index contributed by atoms with van der Waals surface area (Å²) in [6.07, 6.45) is 0.326. The minimum Gasteiger partial charge on any atom is -0.386 e. The Bertz CT molecular complexity index is 1680. The number of hydrogen-bond acceptors (Lipinski definition) is 4. The first kappa shape index (κ1) is 24.9. The van der Waals surface area contributed by atoms with Crippen LogP contribution in [-0.4, -0.2) is 23.1 Å². The van der Waals surface area contributed by atoms with Gasteiger partial charge in [-0.15, -0.1) is 0 Å². The third-order valence-electron chi connectivity index (χ3n) is 8.01. The molecule has 196 valence electrons. The highest BCUT2D eigenvalue weighted by molar-refractivity contribution is 6.12. The van der Waals surface area contributed by atoms with E-state index >= 15 is 0 Å². The maximum atomic E-state index is 13.6. The Hall–Kier alpha value is -4.42. The van der Waals surface area contributed by atoms with Crippen molar-refractivity contribution < 1.29 is 14.7 Å². The fraction of sp³-hybridized carbons (Fsp3) is 0.212. The van der Waals surface area contributed by atoms with Crippen molar-refractivity contribution in [1.82, 2.24) is 0 Å². The molecular formula is C33H31N3O3. The van der Waals surface area contributed by atoms with E-state index in [0.29, 0.717) is 17.5 Å². The molecule has 0 bridgehead atoms. The Morgan fingerprint density at radius 2 is 1.69 bits per heavy atom. The lowest BCUT2D eigenvalue weighted by Crippen LogP contribution is -2.47. The molecule has 6 rings (SSSR count). The number of primary amides is 1. The van der Waals surface area contributed by atoms with E-state index in [1.54, 1.807) is 19.9 Å². The van der Waals surface area contributed by atoms with E-state index in [-0.39, 0.29) is 12.1 Å². The van der Waals surface area contributed by atoms with Crippen LogP contribution in [0.1, 0.15) is 63.7 Å². The van der Waals surface area contributed by atoms with Crippen molar-refractivity contribution in [3.63, 3.8) is 0 Å². The van der Waals surface area contributed by atoms with E-state index in [9.17, 15) is 14.7 Å². The number of nitrogens with one attached hydrogen (secondary N) is 1. The fourth-order valence-corrected chi connectivity index (χ4v) is 6.03. The zero-order valence-electron chi connectivity index (χ0n) is 22.5.